The first kappa shape index (κ1) is 60.7. The second-order valence-electron chi connectivity index (χ2n) is 19.7. The molecule has 0 unspecified atom stereocenters. The molecule has 29 nitrogen and oxygen atoms in total. The maximum Gasteiger partial charge on any atom is 0.246 e. The third-order valence-electron chi connectivity index (χ3n) is 13.5. The lowest BCUT2D eigenvalue weighted by Gasteiger charge is -2.41. The van der Waals surface area contributed by atoms with Crippen molar-refractivity contribution in [3.8, 4) is 0 Å². The summed E-state index contributed by atoms with van der Waals surface area (Å²) in [5.41, 5.74) is 30.1. The van der Waals surface area contributed by atoms with Gasteiger partial charge in [-0.25, -0.2) is 4.98 Å². The van der Waals surface area contributed by atoms with Gasteiger partial charge in [0.1, 0.15) is 48.3 Å². The number of carbonyl (C=O) groups excluding carboxylic acids is 10. The summed E-state index contributed by atoms with van der Waals surface area (Å²) in [4.78, 5) is 160. The van der Waals surface area contributed by atoms with Crippen LogP contribution in [0.3, 0.4) is 0 Å². The normalized spacial score (nSPS) is 22.1. The highest BCUT2D eigenvalue weighted by atomic mass is 16.2. The standard InChI is InChI=1S/C52H71N19O10/c1-28(72)64-35(15-8-18-60-51(54)55)44(75)68-38-23-42(73)59-17-7-14-34(43(53)74)65-45(76)36(21-30-24-62-33-13-6-5-12-32(30)33)66-48(79)40-26-71(41(49(80)70-40)16-9-19-61-52(56)57)50(81)39(20-29-10-3-2-4-11-29)69-46(77)37(67-47(38)78)22-31-25-58-27-63-31/h2-6,10-13,24-25,27,34-41,62H,7-9,14-23,26H2,1H3,(H2,53,74)(H,58,63)(H,59,73)(H,64,72)(H,65,76)(H,66,79)(H,67,78)(H,68,75)(H,69,77)(H,70,80)(H4,54,55,60)(H4,56,57,61)/t34-,35-,36-,37-,38-,39+,40+,41-/m0/s1. The number of para-hydroxylation sites is 1. The molecule has 2 saturated heterocycles. The smallest absolute Gasteiger partial charge is 0.246 e. The number of amides is 10. The van der Waals surface area contributed by atoms with Crippen LogP contribution in [0.1, 0.15) is 68.7 Å². The molecule has 10 amide bonds. The number of hydrogen-bond donors (Lipinski definition) is 15. The van der Waals surface area contributed by atoms with Crippen LogP contribution in [0, 0.1) is 0 Å². The summed E-state index contributed by atoms with van der Waals surface area (Å²) < 4.78 is 0. The van der Waals surface area contributed by atoms with Gasteiger partial charge in [0.05, 0.1) is 19.3 Å². The molecule has 2 aliphatic rings. The van der Waals surface area contributed by atoms with E-state index in [0.29, 0.717) is 16.8 Å². The predicted molar refractivity (Wildman–Crippen MR) is 295 cm³/mol. The van der Waals surface area contributed by atoms with Gasteiger partial charge in [-0.2, -0.15) is 0 Å². The quantitative estimate of drug-likeness (QED) is 0.0254. The first-order valence-corrected chi connectivity index (χ1v) is 26.4. The first-order valence-electron chi connectivity index (χ1n) is 26.4. The van der Waals surface area contributed by atoms with Crippen molar-refractivity contribution in [2.45, 2.75) is 119 Å². The van der Waals surface area contributed by atoms with Crippen molar-refractivity contribution in [2.75, 3.05) is 26.2 Å². The van der Waals surface area contributed by atoms with Crippen LogP contribution < -0.4 is 71.2 Å². The van der Waals surface area contributed by atoms with E-state index >= 15 is 4.79 Å². The average Bonchev–Trinajstić information content (AvgIpc) is 4.12. The lowest BCUT2D eigenvalue weighted by Crippen LogP contribution is -2.68. The number of carbonyl (C=O) groups is 10. The second kappa shape index (κ2) is 29.4. The van der Waals surface area contributed by atoms with E-state index in [9.17, 15) is 43.2 Å². The lowest BCUT2D eigenvalue weighted by atomic mass is 9.98. The lowest BCUT2D eigenvalue weighted by molar-refractivity contribution is -0.150. The van der Waals surface area contributed by atoms with Crippen LogP contribution in [0.15, 0.2) is 83.3 Å². The van der Waals surface area contributed by atoms with Crippen molar-refractivity contribution in [3.63, 3.8) is 0 Å². The van der Waals surface area contributed by atoms with Gasteiger partial charge in [0.25, 0.3) is 0 Å². The van der Waals surface area contributed by atoms with Gasteiger partial charge in [0.15, 0.2) is 11.9 Å². The minimum Gasteiger partial charge on any atom is -0.370 e. The number of nitrogens with zero attached hydrogens (tertiary/aromatic N) is 4. The molecule has 8 atom stereocenters. The molecule has 6 rings (SSSR count). The highest BCUT2D eigenvalue weighted by Crippen LogP contribution is 2.22. The fourth-order valence-electron chi connectivity index (χ4n) is 9.42. The molecule has 2 aliphatic heterocycles. The van der Waals surface area contributed by atoms with E-state index in [1.807, 2.05) is 18.2 Å². The van der Waals surface area contributed by atoms with Crippen LogP contribution in [0.25, 0.3) is 10.9 Å². The Labute approximate surface area is 465 Å². The molecular formula is C52H71N19O10. The maximum atomic E-state index is 15.4. The fourth-order valence-corrected chi connectivity index (χ4v) is 9.42. The molecule has 0 spiro atoms. The second-order valence-corrected chi connectivity index (χ2v) is 19.7. The monoisotopic (exact) mass is 1120 g/mol. The van der Waals surface area contributed by atoms with E-state index < -0.39 is 120 Å². The molecule has 0 aliphatic carbocycles. The van der Waals surface area contributed by atoms with Crippen molar-refractivity contribution in [1.82, 2.24) is 62.4 Å². The Kier molecular flexibility index (Phi) is 22.0. The number of primary amides is 1. The Bertz CT molecular complexity index is 2940. The largest absolute Gasteiger partial charge is 0.370 e. The van der Waals surface area contributed by atoms with Gasteiger partial charge in [-0.15, -0.1) is 0 Å². The highest BCUT2D eigenvalue weighted by molar-refractivity contribution is 6.00. The molecule has 4 aromatic rings. The number of aliphatic imine (C=N–C) groups is 2. The molecular weight excluding hydrogens is 1050 g/mol. The zero-order chi connectivity index (χ0) is 58.6. The van der Waals surface area contributed by atoms with Crippen molar-refractivity contribution in [3.05, 3.63) is 90.1 Å². The fraction of sp³-hybridized carbons (Fsp3) is 0.442. The van der Waals surface area contributed by atoms with Crippen molar-refractivity contribution < 1.29 is 47.9 Å². The number of fused-ring (bicyclic) bond motifs is 3. The minimum atomic E-state index is -1.72. The zero-order valence-electron chi connectivity index (χ0n) is 44.7. The summed E-state index contributed by atoms with van der Waals surface area (Å²) in [5, 5.41) is 21.9. The summed E-state index contributed by atoms with van der Waals surface area (Å²) >= 11 is 0. The van der Waals surface area contributed by atoms with Gasteiger partial charge < -0.3 is 86.1 Å². The van der Waals surface area contributed by atoms with Gasteiger partial charge in [-0.3, -0.25) is 57.9 Å². The predicted octanol–water partition coefficient (Wildman–Crippen LogP) is -4.56. The average molecular weight is 1120 g/mol. The van der Waals surface area contributed by atoms with Gasteiger partial charge in [-0.1, -0.05) is 48.5 Å². The first-order chi connectivity index (χ1) is 38.8. The Morgan fingerprint density at radius 2 is 1.41 bits per heavy atom. The third kappa shape index (κ3) is 18.2. The minimum absolute atomic E-state index is 0.00741. The molecule has 81 heavy (non-hydrogen) atoms. The number of nitrogens with one attached hydrogen (secondary N) is 10. The molecule has 4 heterocycles. The Hall–Kier alpha value is -9.57. The van der Waals surface area contributed by atoms with E-state index in [0.717, 1.165) is 15.8 Å². The number of H-pyrrole nitrogens is 2. The van der Waals surface area contributed by atoms with Gasteiger partial charge in [-0.05, 0) is 55.7 Å². The molecule has 2 bridgehead atoms. The van der Waals surface area contributed by atoms with Crippen LogP contribution in [-0.4, -0.2) is 165 Å². The number of guanidine groups is 2. The Morgan fingerprint density at radius 1 is 0.741 bits per heavy atom. The Morgan fingerprint density at radius 3 is 2.10 bits per heavy atom. The molecule has 2 aromatic carbocycles. The van der Waals surface area contributed by atoms with E-state index in [4.69, 9.17) is 28.7 Å². The van der Waals surface area contributed by atoms with E-state index in [1.165, 1.54) is 19.4 Å². The number of nitrogens with two attached hydrogens (primary N) is 5. The molecule has 0 saturated carbocycles. The summed E-state index contributed by atoms with van der Waals surface area (Å²) in [5.74, 6) is -8.85. The number of hydrogen-bond acceptors (Lipinski definition) is 13. The highest BCUT2D eigenvalue weighted by Gasteiger charge is 2.43. The van der Waals surface area contributed by atoms with Gasteiger partial charge >= 0.3 is 0 Å². The number of aromatic amines is 2. The number of imidazole rings is 1. The van der Waals surface area contributed by atoms with Crippen LogP contribution in [0.5, 0.6) is 0 Å². The molecule has 2 aromatic heterocycles. The van der Waals surface area contributed by atoms with Crippen molar-refractivity contribution in [1.29, 1.82) is 0 Å². The number of benzene rings is 2. The van der Waals surface area contributed by atoms with Gasteiger partial charge in [0, 0.05) is 74.8 Å². The van der Waals surface area contributed by atoms with E-state index in [-0.39, 0.29) is 89.3 Å². The van der Waals surface area contributed by atoms with Crippen LogP contribution in [0.2, 0.25) is 0 Å². The number of piperazine rings is 1. The maximum absolute atomic E-state index is 15.4. The summed E-state index contributed by atoms with van der Waals surface area (Å²) in [6.45, 7) is 0.718. The number of aromatic nitrogens is 3. The van der Waals surface area contributed by atoms with Crippen LogP contribution in [0.4, 0.5) is 0 Å². The summed E-state index contributed by atoms with van der Waals surface area (Å²) in [7, 11) is 0. The topological polar surface area (TPSA) is 469 Å². The summed E-state index contributed by atoms with van der Waals surface area (Å²) in [6, 6.07) is 4.29. The molecule has 29 heteroatoms. The van der Waals surface area contributed by atoms with Gasteiger partial charge in [0.2, 0.25) is 59.1 Å². The SMILES string of the molecule is CC(=O)N[C@@H](CCCN=C(N)N)C(=O)N[C@H]1CC(=O)NCCC[C@@H](C(N)=O)NC(=O)[C@H](Cc2c[nH]c3ccccc23)NC(=O)[C@H]2CN(C(=O)[C@@H](Cc3ccccc3)NC(=O)[C@H](Cc3cnc[nH]3)NC1=O)[C@@H](CCCN=C(N)N)C(=O)N2. The molecule has 20 N–H and O–H groups in total. The molecule has 434 valence electrons. The van der Waals surface area contributed by atoms with Crippen molar-refractivity contribution >= 4 is 81.9 Å². The van der Waals surface area contributed by atoms with Crippen LogP contribution >= 0.6 is 0 Å². The third-order valence-corrected chi connectivity index (χ3v) is 13.5. The van der Waals surface area contributed by atoms with Crippen molar-refractivity contribution in [2.24, 2.45) is 38.7 Å². The molecule has 2 fully saturated rings. The van der Waals surface area contributed by atoms with E-state index in [2.05, 4.69) is 67.5 Å². The summed E-state index contributed by atoms with van der Waals surface area (Å²) in [6.07, 6.45) is 3.36. The Balaban J connectivity index is 1.42. The zero-order valence-corrected chi connectivity index (χ0v) is 44.7. The number of rotatable bonds is 18. The van der Waals surface area contributed by atoms with Crippen LogP contribution in [-0.2, 0) is 67.2 Å². The molecule has 0 radical (unpaired) electrons. The van der Waals surface area contributed by atoms with E-state index in [1.54, 1.807) is 42.6 Å².